The van der Waals surface area contributed by atoms with Crippen molar-refractivity contribution >= 4 is 20.8 Å². The molecule has 0 atom stereocenters. The molecule has 3 rings (SSSR count). The van der Waals surface area contributed by atoms with Crippen molar-refractivity contribution in [3.05, 3.63) is 72.6 Å². The smallest absolute Gasteiger partial charge is 0.243 e. The van der Waals surface area contributed by atoms with Gasteiger partial charge in [-0.3, -0.25) is 4.98 Å². The Morgan fingerprint density at radius 3 is 2.52 bits per heavy atom. The number of pyridine rings is 1. The van der Waals surface area contributed by atoms with Crippen molar-refractivity contribution in [3.8, 4) is 0 Å². The number of fused-ring (bicyclic) bond motifs is 1. The molecule has 0 bridgehead atoms. The predicted molar refractivity (Wildman–Crippen MR) is 91.5 cm³/mol. The highest BCUT2D eigenvalue weighted by Crippen LogP contribution is 2.26. The number of nitrogens with zero attached hydrogens (tertiary/aromatic N) is 2. The van der Waals surface area contributed by atoms with Crippen LogP contribution in [0.2, 0.25) is 0 Å². The fourth-order valence-electron chi connectivity index (χ4n) is 2.61. The third kappa shape index (κ3) is 3.11. The minimum absolute atomic E-state index is 0.329. The maximum Gasteiger partial charge on any atom is 0.243 e. The van der Waals surface area contributed by atoms with Crippen molar-refractivity contribution in [2.75, 3.05) is 6.54 Å². The van der Waals surface area contributed by atoms with Crippen LogP contribution in [0, 0.1) is 0 Å². The highest BCUT2D eigenvalue weighted by atomic mass is 32.2. The van der Waals surface area contributed by atoms with Gasteiger partial charge in [-0.15, -0.1) is 0 Å². The summed E-state index contributed by atoms with van der Waals surface area (Å²) < 4.78 is 27.7. The Bertz CT molecular complexity index is 903. The Morgan fingerprint density at radius 2 is 1.78 bits per heavy atom. The molecular weight excluding hydrogens is 308 g/mol. The van der Waals surface area contributed by atoms with Gasteiger partial charge in [-0.05, 0) is 17.7 Å². The quantitative estimate of drug-likeness (QED) is 0.721. The van der Waals surface area contributed by atoms with Gasteiger partial charge in [-0.1, -0.05) is 49.4 Å². The lowest BCUT2D eigenvalue weighted by atomic mass is 10.2. The first-order valence-electron chi connectivity index (χ1n) is 7.49. The molecule has 0 saturated carbocycles. The fourth-order valence-corrected chi connectivity index (χ4v) is 4.26. The minimum Gasteiger partial charge on any atom is -0.264 e. The zero-order valence-corrected chi connectivity index (χ0v) is 13.7. The summed E-state index contributed by atoms with van der Waals surface area (Å²) in [4.78, 5) is 4.39. The zero-order valence-electron chi connectivity index (χ0n) is 12.9. The molecule has 2 aromatic carbocycles. The summed E-state index contributed by atoms with van der Waals surface area (Å²) in [7, 11) is -3.57. The lowest BCUT2D eigenvalue weighted by Gasteiger charge is -2.21. The number of sulfonamides is 1. The summed E-state index contributed by atoms with van der Waals surface area (Å²) in [6.45, 7) is 2.63. The summed E-state index contributed by atoms with van der Waals surface area (Å²) in [6.07, 6.45) is 3.30. The van der Waals surface area contributed by atoms with Gasteiger partial charge in [0.1, 0.15) is 0 Å². The molecule has 3 aromatic rings. The maximum atomic E-state index is 13.1. The van der Waals surface area contributed by atoms with Crippen LogP contribution >= 0.6 is 0 Å². The van der Waals surface area contributed by atoms with E-state index < -0.39 is 10.0 Å². The van der Waals surface area contributed by atoms with Crippen LogP contribution in [0.4, 0.5) is 0 Å². The molecular formula is C18H18N2O2S. The van der Waals surface area contributed by atoms with Gasteiger partial charge in [0.25, 0.3) is 0 Å². The minimum atomic E-state index is -3.57. The van der Waals surface area contributed by atoms with Gasteiger partial charge in [0.05, 0.1) is 4.90 Å². The molecule has 0 aliphatic carbocycles. The maximum absolute atomic E-state index is 13.1. The Labute approximate surface area is 136 Å². The molecule has 4 nitrogen and oxygen atoms in total. The highest BCUT2D eigenvalue weighted by molar-refractivity contribution is 7.89. The second kappa shape index (κ2) is 6.48. The van der Waals surface area contributed by atoms with Crippen molar-refractivity contribution in [2.24, 2.45) is 0 Å². The molecule has 0 aliphatic rings. The van der Waals surface area contributed by atoms with Crippen LogP contribution in [0.5, 0.6) is 0 Å². The summed E-state index contributed by atoms with van der Waals surface area (Å²) >= 11 is 0. The normalized spacial score (nSPS) is 11.9. The Balaban J connectivity index is 2.04. The van der Waals surface area contributed by atoms with Crippen LogP contribution in [0.15, 0.2) is 71.9 Å². The summed E-state index contributed by atoms with van der Waals surface area (Å²) in [5, 5.41) is 1.53. The van der Waals surface area contributed by atoms with Crippen molar-refractivity contribution < 1.29 is 8.42 Å². The van der Waals surface area contributed by atoms with E-state index in [0.717, 1.165) is 10.9 Å². The summed E-state index contributed by atoms with van der Waals surface area (Å²) in [6, 6.07) is 16.7. The largest absolute Gasteiger partial charge is 0.264 e. The number of benzene rings is 2. The van der Waals surface area contributed by atoms with E-state index in [1.807, 2.05) is 43.3 Å². The Hall–Kier alpha value is -2.24. The first-order valence-corrected chi connectivity index (χ1v) is 8.93. The van der Waals surface area contributed by atoms with E-state index in [4.69, 9.17) is 0 Å². The topological polar surface area (TPSA) is 50.3 Å². The van der Waals surface area contributed by atoms with Gasteiger partial charge >= 0.3 is 0 Å². The van der Waals surface area contributed by atoms with Gasteiger partial charge in [0.2, 0.25) is 10.0 Å². The molecule has 118 valence electrons. The predicted octanol–water partition coefficient (Wildman–Crippen LogP) is 3.45. The molecule has 1 heterocycles. The molecule has 0 unspecified atom stereocenters. The molecule has 0 amide bonds. The van der Waals surface area contributed by atoms with Crippen LogP contribution in [-0.4, -0.2) is 24.3 Å². The zero-order chi connectivity index (χ0) is 16.3. The number of rotatable bonds is 5. The SMILES string of the molecule is CCN(Cc1ccccc1)S(=O)(=O)c1cccc2cnccc12. The first kappa shape index (κ1) is 15.6. The van der Waals surface area contributed by atoms with Crippen molar-refractivity contribution in [1.82, 2.24) is 9.29 Å². The average Bonchev–Trinajstić information content (AvgIpc) is 2.60. The molecule has 1 aromatic heterocycles. The molecule has 0 N–H and O–H groups in total. The van der Waals surface area contributed by atoms with Crippen molar-refractivity contribution in [1.29, 1.82) is 0 Å². The van der Waals surface area contributed by atoms with Crippen LogP contribution in [0.1, 0.15) is 12.5 Å². The van der Waals surface area contributed by atoms with Crippen LogP contribution < -0.4 is 0 Å². The molecule has 23 heavy (non-hydrogen) atoms. The summed E-state index contributed by atoms with van der Waals surface area (Å²) in [5.41, 5.74) is 0.972. The molecule has 0 aliphatic heterocycles. The van der Waals surface area contributed by atoms with E-state index in [9.17, 15) is 8.42 Å². The Kier molecular flexibility index (Phi) is 4.41. The van der Waals surface area contributed by atoms with Crippen LogP contribution in [-0.2, 0) is 16.6 Å². The third-order valence-corrected chi connectivity index (χ3v) is 5.79. The lowest BCUT2D eigenvalue weighted by molar-refractivity contribution is 0.424. The molecule has 5 heteroatoms. The number of hydrogen-bond acceptors (Lipinski definition) is 3. The van der Waals surface area contributed by atoms with Gasteiger partial charge in [0, 0.05) is 36.3 Å². The Morgan fingerprint density at radius 1 is 1.00 bits per heavy atom. The van der Waals surface area contributed by atoms with E-state index in [2.05, 4.69) is 4.98 Å². The molecule has 0 saturated heterocycles. The average molecular weight is 326 g/mol. The first-order chi connectivity index (χ1) is 11.1. The van der Waals surface area contributed by atoms with E-state index in [-0.39, 0.29) is 0 Å². The van der Waals surface area contributed by atoms with Crippen molar-refractivity contribution in [3.63, 3.8) is 0 Å². The van der Waals surface area contributed by atoms with Gasteiger partial charge < -0.3 is 0 Å². The van der Waals surface area contributed by atoms with Gasteiger partial charge in [-0.2, -0.15) is 4.31 Å². The molecule has 0 spiro atoms. The van der Waals surface area contributed by atoms with Gasteiger partial charge in [-0.25, -0.2) is 8.42 Å². The van der Waals surface area contributed by atoms with Crippen LogP contribution in [0.25, 0.3) is 10.8 Å². The summed E-state index contributed by atoms with van der Waals surface area (Å²) in [5.74, 6) is 0. The fraction of sp³-hybridized carbons (Fsp3) is 0.167. The number of hydrogen-bond donors (Lipinski definition) is 0. The molecule has 0 radical (unpaired) electrons. The van der Waals surface area contributed by atoms with Gasteiger partial charge in [0.15, 0.2) is 0 Å². The van der Waals surface area contributed by atoms with E-state index in [0.29, 0.717) is 23.4 Å². The third-order valence-electron chi connectivity index (χ3n) is 3.81. The standard InChI is InChI=1S/C18H18N2O2S/c1-2-20(14-15-7-4-3-5-8-15)23(21,22)18-10-6-9-16-13-19-12-11-17(16)18/h3-13H,2,14H2,1H3. The van der Waals surface area contributed by atoms with Crippen LogP contribution in [0.3, 0.4) is 0 Å². The van der Waals surface area contributed by atoms with E-state index in [1.165, 1.54) is 4.31 Å². The monoisotopic (exact) mass is 326 g/mol. The van der Waals surface area contributed by atoms with E-state index >= 15 is 0 Å². The number of aromatic nitrogens is 1. The van der Waals surface area contributed by atoms with E-state index in [1.54, 1.807) is 30.6 Å². The lowest BCUT2D eigenvalue weighted by Crippen LogP contribution is -2.30. The molecule has 0 fully saturated rings. The second-order valence-electron chi connectivity index (χ2n) is 5.27. The second-order valence-corrected chi connectivity index (χ2v) is 7.18. The van der Waals surface area contributed by atoms with Crippen molar-refractivity contribution in [2.45, 2.75) is 18.4 Å². The highest BCUT2D eigenvalue weighted by Gasteiger charge is 2.25.